The van der Waals surface area contributed by atoms with Gasteiger partial charge >= 0.3 is 0 Å². The lowest BCUT2D eigenvalue weighted by Gasteiger charge is -2.22. The molecule has 2 heteroatoms. The molecule has 0 aromatic heterocycles. The van der Waals surface area contributed by atoms with E-state index in [-0.39, 0.29) is 0 Å². The van der Waals surface area contributed by atoms with Gasteiger partial charge in [-0.15, -0.1) is 0 Å². The van der Waals surface area contributed by atoms with Gasteiger partial charge in [-0.3, -0.25) is 0 Å². The SMILES string of the molecule is C1CC(CCOCC2CC2)CCN1. The Morgan fingerprint density at radius 3 is 2.46 bits per heavy atom. The number of nitrogens with one attached hydrogen (secondary N) is 1. The van der Waals surface area contributed by atoms with Gasteiger partial charge in [0.05, 0.1) is 0 Å². The molecule has 0 unspecified atom stereocenters. The van der Waals surface area contributed by atoms with Crippen LogP contribution in [0.1, 0.15) is 32.1 Å². The smallest absolute Gasteiger partial charge is 0.0494 e. The van der Waals surface area contributed by atoms with E-state index in [0.29, 0.717) is 0 Å². The summed E-state index contributed by atoms with van der Waals surface area (Å²) in [5, 5.41) is 3.39. The van der Waals surface area contributed by atoms with Crippen molar-refractivity contribution in [2.24, 2.45) is 11.8 Å². The second-order valence-corrected chi connectivity index (χ2v) is 4.50. The van der Waals surface area contributed by atoms with E-state index in [0.717, 1.165) is 25.0 Å². The third-order valence-electron chi connectivity index (χ3n) is 3.18. The van der Waals surface area contributed by atoms with Gasteiger partial charge in [-0.2, -0.15) is 0 Å². The zero-order valence-electron chi connectivity index (χ0n) is 8.43. The van der Waals surface area contributed by atoms with Crippen LogP contribution in [0.25, 0.3) is 0 Å². The van der Waals surface area contributed by atoms with E-state index in [1.54, 1.807) is 0 Å². The van der Waals surface area contributed by atoms with Crippen LogP contribution in [0.5, 0.6) is 0 Å². The summed E-state index contributed by atoms with van der Waals surface area (Å²) in [4.78, 5) is 0. The molecule has 1 N–H and O–H groups in total. The minimum Gasteiger partial charge on any atom is -0.381 e. The Labute approximate surface area is 81.0 Å². The highest BCUT2D eigenvalue weighted by atomic mass is 16.5. The van der Waals surface area contributed by atoms with Crippen molar-refractivity contribution in [3.8, 4) is 0 Å². The van der Waals surface area contributed by atoms with E-state index in [4.69, 9.17) is 4.74 Å². The van der Waals surface area contributed by atoms with Crippen LogP contribution in [-0.4, -0.2) is 26.3 Å². The molecule has 0 amide bonds. The molecule has 2 aliphatic rings. The summed E-state index contributed by atoms with van der Waals surface area (Å²) in [7, 11) is 0. The molecule has 0 aromatic carbocycles. The van der Waals surface area contributed by atoms with Crippen molar-refractivity contribution in [2.45, 2.75) is 32.1 Å². The third-order valence-corrected chi connectivity index (χ3v) is 3.18. The molecule has 0 atom stereocenters. The van der Waals surface area contributed by atoms with Gasteiger partial charge in [0, 0.05) is 13.2 Å². The fraction of sp³-hybridized carbons (Fsp3) is 1.00. The van der Waals surface area contributed by atoms with Gasteiger partial charge in [0.15, 0.2) is 0 Å². The normalized spacial score (nSPS) is 24.9. The van der Waals surface area contributed by atoms with Gasteiger partial charge < -0.3 is 10.1 Å². The van der Waals surface area contributed by atoms with Gasteiger partial charge in [-0.1, -0.05) is 0 Å². The molecule has 1 heterocycles. The number of hydrogen-bond acceptors (Lipinski definition) is 2. The Hall–Kier alpha value is -0.0800. The Balaban J connectivity index is 1.46. The maximum atomic E-state index is 5.64. The standard InChI is InChI=1S/C11H21NO/c1-2-11(1)9-13-8-5-10-3-6-12-7-4-10/h10-12H,1-9H2. The third kappa shape index (κ3) is 3.65. The van der Waals surface area contributed by atoms with Crippen molar-refractivity contribution >= 4 is 0 Å². The number of rotatable bonds is 5. The second-order valence-electron chi connectivity index (χ2n) is 4.50. The summed E-state index contributed by atoms with van der Waals surface area (Å²) >= 11 is 0. The van der Waals surface area contributed by atoms with E-state index < -0.39 is 0 Å². The van der Waals surface area contributed by atoms with Crippen molar-refractivity contribution in [3.63, 3.8) is 0 Å². The van der Waals surface area contributed by atoms with Crippen molar-refractivity contribution in [1.82, 2.24) is 5.32 Å². The maximum Gasteiger partial charge on any atom is 0.0494 e. The maximum absolute atomic E-state index is 5.64. The molecule has 1 aliphatic carbocycles. The monoisotopic (exact) mass is 183 g/mol. The fourth-order valence-corrected chi connectivity index (χ4v) is 1.95. The molecule has 2 rings (SSSR count). The molecule has 2 fully saturated rings. The number of hydrogen-bond donors (Lipinski definition) is 1. The van der Waals surface area contributed by atoms with E-state index in [9.17, 15) is 0 Å². The highest BCUT2D eigenvalue weighted by molar-refractivity contribution is 4.72. The van der Waals surface area contributed by atoms with Gasteiger partial charge in [-0.25, -0.2) is 0 Å². The molecule has 13 heavy (non-hydrogen) atoms. The molecular weight excluding hydrogens is 162 g/mol. The van der Waals surface area contributed by atoms with Crippen LogP contribution < -0.4 is 5.32 Å². The summed E-state index contributed by atoms with van der Waals surface area (Å²) < 4.78 is 5.64. The first-order valence-corrected chi connectivity index (χ1v) is 5.73. The highest BCUT2D eigenvalue weighted by Crippen LogP contribution is 2.29. The molecule has 1 saturated carbocycles. The minimum absolute atomic E-state index is 0.924. The van der Waals surface area contributed by atoms with Crippen LogP contribution in [-0.2, 0) is 4.74 Å². The van der Waals surface area contributed by atoms with Gasteiger partial charge in [0.25, 0.3) is 0 Å². The summed E-state index contributed by atoms with van der Waals surface area (Å²) in [6, 6.07) is 0. The molecule has 76 valence electrons. The fourth-order valence-electron chi connectivity index (χ4n) is 1.95. The Kier molecular flexibility index (Phi) is 3.62. The average Bonchev–Trinajstić information content (AvgIpc) is 2.98. The quantitative estimate of drug-likeness (QED) is 0.656. The summed E-state index contributed by atoms with van der Waals surface area (Å²) in [5.41, 5.74) is 0. The summed E-state index contributed by atoms with van der Waals surface area (Å²) in [6.07, 6.45) is 6.81. The van der Waals surface area contributed by atoms with Gasteiger partial charge in [-0.05, 0) is 57.0 Å². The lowest BCUT2D eigenvalue weighted by molar-refractivity contribution is 0.106. The lowest BCUT2D eigenvalue weighted by Crippen LogP contribution is -2.28. The second kappa shape index (κ2) is 4.97. The van der Waals surface area contributed by atoms with Crippen LogP contribution in [0.3, 0.4) is 0 Å². The highest BCUT2D eigenvalue weighted by Gasteiger charge is 2.21. The van der Waals surface area contributed by atoms with Crippen molar-refractivity contribution < 1.29 is 4.74 Å². The minimum atomic E-state index is 0.924. The van der Waals surface area contributed by atoms with Crippen molar-refractivity contribution in [1.29, 1.82) is 0 Å². The van der Waals surface area contributed by atoms with E-state index in [1.165, 1.54) is 45.2 Å². The van der Waals surface area contributed by atoms with E-state index in [2.05, 4.69) is 5.32 Å². The lowest BCUT2D eigenvalue weighted by atomic mass is 9.95. The zero-order valence-corrected chi connectivity index (χ0v) is 8.43. The largest absolute Gasteiger partial charge is 0.381 e. The molecule has 0 bridgehead atoms. The van der Waals surface area contributed by atoms with Gasteiger partial charge in [0.1, 0.15) is 0 Å². The molecule has 0 spiro atoms. The van der Waals surface area contributed by atoms with Crippen molar-refractivity contribution in [2.75, 3.05) is 26.3 Å². The van der Waals surface area contributed by atoms with E-state index >= 15 is 0 Å². The first kappa shape index (κ1) is 9.47. The zero-order chi connectivity index (χ0) is 8.93. The molecular formula is C11H21NO. The van der Waals surface area contributed by atoms with Crippen molar-refractivity contribution in [3.05, 3.63) is 0 Å². The van der Waals surface area contributed by atoms with Crippen LogP contribution in [0, 0.1) is 11.8 Å². The van der Waals surface area contributed by atoms with Crippen LogP contribution in [0.15, 0.2) is 0 Å². The summed E-state index contributed by atoms with van der Waals surface area (Å²) in [6.45, 7) is 4.46. The van der Waals surface area contributed by atoms with Gasteiger partial charge in [0.2, 0.25) is 0 Å². The first-order chi connectivity index (χ1) is 6.45. The molecule has 1 aliphatic heterocycles. The predicted octanol–water partition coefficient (Wildman–Crippen LogP) is 1.80. The Bertz CT molecular complexity index is 139. The molecule has 0 radical (unpaired) electrons. The number of ether oxygens (including phenoxy) is 1. The Morgan fingerprint density at radius 2 is 1.77 bits per heavy atom. The Morgan fingerprint density at radius 1 is 1.00 bits per heavy atom. The molecule has 0 aromatic rings. The molecule has 1 saturated heterocycles. The molecule has 2 nitrogen and oxygen atoms in total. The van der Waals surface area contributed by atoms with Crippen LogP contribution >= 0.6 is 0 Å². The van der Waals surface area contributed by atoms with Crippen LogP contribution in [0.4, 0.5) is 0 Å². The van der Waals surface area contributed by atoms with Crippen LogP contribution in [0.2, 0.25) is 0 Å². The van der Waals surface area contributed by atoms with E-state index in [1.807, 2.05) is 0 Å². The summed E-state index contributed by atoms with van der Waals surface area (Å²) in [5.74, 6) is 1.86. The number of piperidine rings is 1. The first-order valence-electron chi connectivity index (χ1n) is 5.73. The topological polar surface area (TPSA) is 21.3 Å². The predicted molar refractivity (Wildman–Crippen MR) is 53.8 cm³/mol. The average molecular weight is 183 g/mol.